The highest BCUT2D eigenvalue weighted by Gasteiger charge is 2.28. The Kier molecular flexibility index (Phi) is 5.75. The predicted molar refractivity (Wildman–Crippen MR) is 106 cm³/mol. The van der Waals surface area contributed by atoms with Crippen molar-refractivity contribution in [1.82, 2.24) is 34.3 Å². The quantitative estimate of drug-likeness (QED) is 0.784. The molecule has 2 aromatic rings. The molecule has 0 unspecified atom stereocenters. The van der Waals surface area contributed by atoms with Gasteiger partial charge in [0.2, 0.25) is 5.91 Å². The first-order valence-corrected chi connectivity index (χ1v) is 10.5. The van der Waals surface area contributed by atoms with Crippen LogP contribution in [0.5, 0.6) is 0 Å². The van der Waals surface area contributed by atoms with Gasteiger partial charge in [-0.1, -0.05) is 6.42 Å². The summed E-state index contributed by atoms with van der Waals surface area (Å²) in [5.41, 5.74) is 1.02. The largest absolute Gasteiger partial charge is 0.341 e. The van der Waals surface area contributed by atoms with Crippen LogP contribution in [0.15, 0.2) is 12.3 Å². The summed E-state index contributed by atoms with van der Waals surface area (Å²) < 4.78 is 3.95. The highest BCUT2D eigenvalue weighted by Crippen LogP contribution is 2.27. The molecule has 0 aliphatic carbocycles. The van der Waals surface area contributed by atoms with Crippen LogP contribution < -0.4 is 0 Å². The lowest BCUT2D eigenvalue weighted by atomic mass is 9.96. The molecule has 1 amide bonds. The van der Waals surface area contributed by atoms with Crippen LogP contribution in [-0.2, 0) is 24.9 Å². The Hall–Kier alpha value is -2.22. The molecular weight excluding hydrogens is 354 g/mol. The average molecular weight is 386 g/mol. The molecule has 0 saturated carbocycles. The molecule has 2 fully saturated rings. The Balaban J connectivity index is 1.32. The number of aromatic nitrogens is 5. The highest BCUT2D eigenvalue weighted by molar-refractivity contribution is 5.76. The van der Waals surface area contributed by atoms with Gasteiger partial charge in [-0.3, -0.25) is 14.4 Å². The number of piperidine rings is 2. The van der Waals surface area contributed by atoms with E-state index in [9.17, 15) is 4.79 Å². The Morgan fingerprint density at radius 2 is 1.86 bits per heavy atom. The van der Waals surface area contributed by atoms with E-state index in [1.165, 1.54) is 32.4 Å². The van der Waals surface area contributed by atoms with Crippen molar-refractivity contribution in [3.63, 3.8) is 0 Å². The van der Waals surface area contributed by atoms with E-state index in [0.29, 0.717) is 12.5 Å². The van der Waals surface area contributed by atoms with Crippen molar-refractivity contribution < 1.29 is 4.79 Å². The molecule has 0 spiro atoms. The number of nitrogens with zero attached hydrogens (tertiary/aromatic N) is 7. The van der Waals surface area contributed by atoms with E-state index in [2.05, 4.69) is 31.8 Å². The zero-order valence-electron chi connectivity index (χ0n) is 17.0. The Morgan fingerprint density at radius 3 is 2.54 bits per heavy atom. The highest BCUT2D eigenvalue weighted by atomic mass is 16.2. The van der Waals surface area contributed by atoms with Gasteiger partial charge in [-0.15, -0.1) is 10.2 Å². The molecule has 8 heteroatoms. The monoisotopic (exact) mass is 385 g/mol. The maximum Gasteiger partial charge on any atom is 0.244 e. The van der Waals surface area contributed by atoms with Gasteiger partial charge in [0, 0.05) is 37.9 Å². The van der Waals surface area contributed by atoms with Crippen molar-refractivity contribution in [3.05, 3.63) is 29.6 Å². The summed E-state index contributed by atoms with van der Waals surface area (Å²) in [4.78, 5) is 17.0. The molecule has 2 aliphatic heterocycles. The lowest BCUT2D eigenvalue weighted by Gasteiger charge is -2.31. The van der Waals surface area contributed by atoms with Crippen molar-refractivity contribution in [3.8, 4) is 0 Å². The van der Waals surface area contributed by atoms with Gasteiger partial charge in [0.05, 0.1) is 6.54 Å². The van der Waals surface area contributed by atoms with Gasteiger partial charge in [-0.2, -0.15) is 5.10 Å². The standard InChI is InChI=1S/C20H31N7O/c1-16-6-9-21-27(16)15-19(28)26-12-7-17(8-13-26)20-23-22-18(24(20)2)14-25-10-4-3-5-11-25/h6,9,17H,3-5,7-8,10-15H2,1-2H3. The molecule has 152 valence electrons. The van der Waals surface area contributed by atoms with E-state index in [1.807, 2.05) is 17.9 Å². The van der Waals surface area contributed by atoms with Gasteiger partial charge < -0.3 is 9.47 Å². The van der Waals surface area contributed by atoms with Gasteiger partial charge in [0.15, 0.2) is 0 Å². The molecule has 2 saturated heterocycles. The lowest BCUT2D eigenvalue weighted by Crippen LogP contribution is -2.40. The number of rotatable bonds is 5. The van der Waals surface area contributed by atoms with Gasteiger partial charge >= 0.3 is 0 Å². The van der Waals surface area contributed by atoms with Crippen molar-refractivity contribution in [1.29, 1.82) is 0 Å². The van der Waals surface area contributed by atoms with Crippen LogP contribution in [0.3, 0.4) is 0 Å². The van der Waals surface area contributed by atoms with Crippen LogP contribution in [0.25, 0.3) is 0 Å². The fourth-order valence-corrected chi connectivity index (χ4v) is 4.37. The second-order valence-corrected chi connectivity index (χ2v) is 8.16. The molecule has 4 rings (SSSR count). The molecule has 28 heavy (non-hydrogen) atoms. The molecule has 0 N–H and O–H groups in total. The predicted octanol–water partition coefficient (Wildman–Crippen LogP) is 1.71. The first kappa shape index (κ1) is 19.1. The fraction of sp³-hybridized carbons (Fsp3) is 0.700. The molecule has 4 heterocycles. The topological polar surface area (TPSA) is 72.1 Å². The van der Waals surface area contributed by atoms with E-state index in [1.54, 1.807) is 10.9 Å². The van der Waals surface area contributed by atoms with Gasteiger partial charge in [-0.05, 0) is 51.8 Å². The number of carbonyl (C=O) groups excluding carboxylic acids is 1. The van der Waals surface area contributed by atoms with Crippen LogP contribution in [0.2, 0.25) is 0 Å². The molecule has 2 aliphatic rings. The number of aryl methyl sites for hydroxylation is 1. The molecule has 8 nitrogen and oxygen atoms in total. The van der Waals surface area contributed by atoms with Crippen molar-refractivity contribution >= 4 is 5.91 Å². The summed E-state index contributed by atoms with van der Waals surface area (Å²) >= 11 is 0. The number of amides is 1. The van der Waals surface area contributed by atoms with Gasteiger partial charge in [0.25, 0.3) is 0 Å². The number of likely N-dealkylation sites (tertiary alicyclic amines) is 2. The second-order valence-electron chi connectivity index (χ2n) is 8.16. The van der Waals surface area contributed by atoms with E-state index in [0.717, 1.165) is 49.8 Å². The van der Waals surface area contributed by atoms with Gasteiger partial charge in [-0.25, -0.2) is 0 Å². The minimum Gasteiger partial charge on any atom is -0.341 e. The number of carbonyl (C=O) groups is 1. The summed E-state index contributed by atoms with van der Waals surface area (Å²) in [7, 11) is 2.09. The summed E-state index contributed by atoms with van der Waals surface area (Å²) in [6.07, 6.45) is 7.55. The van der Waals surface area contributed by atoms with Crippen LogP contribution in [0.1, 0.15) is 55.4 Å². The number of hydrogen-bond acceptors (Lipinski definition) is 5. The first-order chi connectivity index (χ1) is 13.6. The Morgan fingerprint density at radius 1 is 1.11 bits per heavy atom. The maximum absolute atomic E-state index is 12.6. The number of hydrogen-bond donors (Lipinski definition) is 0. The summed E-state index contributed by atoms with van der Waals surface area (Å²) in [6, 6.07) is 1.93. The van der Waals surface area contributed by atoms with Gasteiger partial charge in [0.1, 0.15) is 18.2 Å². The third kappa shape index (κ3) is 4.11. The molecule has 0 radical (unpaired) electrons. The smallest absolute Gasteiger partial charge is 0.244 e. The normalized spacial score (nSPS) is 19.3. The third-order valence-electron chi connectivity index (χ3n) is 6.24. The Bertz CT molecular complexity index is 797. The zero-order valence-corrected chi connectivity index (χ0v) is 17.0. The fourth-order valence-electron chi connectivity index (χ4n) is 4.37. The summed E-state index contributed by atoms with van der Waals surface area (Å²) in [5, 5.41) is 13.2. The maximum atomic E-state index is 12.6. The molecule has 0 aromatic carbocycles. The SMILES string of the molecule is Cc1ccnn1CC(=O)N1CCC(c2nnc(CN3CCCCC3)n2C)CC1. The van der Waals surface area contributed by atoms with E-state index >= 15 is 0 Å². The van der Waals surface area contributed by atoms with Crippen LogP contribution in [0.4, 0.5) is 0 Å². The molecular formula is C20H31N7O. The Labute approximate surface area is 166 Å². The molecule has 0 atom stereocenters. The van der Waals surface area contributed by atoms with Crippen molar-refractivity contribution in [2.75, 3.05) is 26.2 Å². The summed E-state index contributed by atoms with van der Waals surface area (Å²) in [6.45, 7) is 7.08. The lowest BCUT2D eigenvalue weighted by molar-refractivity contribution is -0.133. The summed E-state index contributed by atoms with van der Waals surface area (Å²) in [5.74, 6) is 2.66. The van der Waals surface area contributed by atoms with Crippen molar-refractivity contribution in [2.24, 2.45) is 7.05 Å². The molecule has 2 aromatic heterocycles. The van der Waals surface area contributed by atoms with E-state index in [4.69, 9.17) is 0 Å². The first-order valence-electron chi connectivity index (χ1n) is 10.5. The van der Waals surface area contributed by atoms with Crippen LogP contribution >= 0.6 is 0 Å². The minimum atomic E-state index is 0.147. The van der Waals surface area contributed by atoms with Crippen molar-refractivity contribution in [2.45, 2.75) is 58.0 Å². The van der Waals surface area contributed by atoms with E-state index < -0.39 is 0 Å². The third-order valence-corrected chi connectivity index (χ3v) is 6.24. The molecule has 0 bridgehead atoms. The average Bonchev–Trinajstić information content (AvgIpc) is 3.28. The van der Waals surface area contributed by atoms with Crippen LogP contribution in [0, 0.1) is 6.92 Å². The zero-order chi connectivity index (χ0) is 19.5. The second kappa shape index (κ2) is 8.43. The van der Waals surface area contributed by atoms with Crippen LogP contribution in [-0.4, -0.2) is 66.4 Å². The van der Waals surface area contributed by atoms with E-state index in [-0.39, 0.29) is 5.91 Å². The minimum absolute atomic E-state index is 0.147.